The fourth-order valence-corrected chi connectivity index (χ4v) is 2.04. The highest BCUT2D eigenvalue weighted by atomic mass is 16.5. The zero-order chi connectivity index (χ0) is 13.0. The van der Waals surface area contributed by atoms with E-state index in [1.165, 1.54) is 6.33 Å². The van der Waals surface area contributed by atoms with Crippen LogP contribution in [0.3, 0.4) is 0 Å². The summed E-state index contributed by atoms with van der Waals surface area (Å²) in [5.74, 6) is 6.93. The lowest BCUT2D eigenvalue weighted by molar-refractivity contribution is 0.0314. The van der Waals surface area contributed by atoms with E-state index < -0.39 is 0 Å². The van der Waals surface area contributed by atoms with Crippen LogP contribution in [0, 0.1) is 0 Å². The number of hydrogen-bond acceptors (Lipinski definition) is 7. The Hall–Kier alpha value is -1.60. The fourth-order valence-electron chi connectivity index (χ4n) is 2.04. The maximum Gasteiger partial charge on any atom is 0.205 e. The third-order valence-corrected chi connectivity index (χ3v) is 3.07. The number of hydrogen-bond donors (Lipinski definition) is 3. The molecule has 4 N–H and O–H groups in total. The molecule has 0 amide bonds. The smallest absolute Gasteiger partial charge is 0.205 e. The molecule has 1 aliphatic heterocycles. The van der Waals surface area contributed by atoms with Crippen LogP contribution in [0.2, 0.25) is 0 Å². The Morgan fingerprint density at radius 1 is 1.50 bits per heavy atom. The van der Waals surface area contributed by atoms with Crippen molar-refractivity contribution in [3.63, 3.8) is 0 Å². The van der Waals surface area contributed by atoms with Gasteiger partial charge in [-0.2, -0.15) is 0 Å². The van der Waals surface area contributed by atoms with Gasteiger partial charge in [0.05, 0.1) is 12.7 Å². The minimum Gasteiger partial charge on any atom is -0.490 e. The van der Waals surface area contributed by atoms with E-state index in [0.717, 1.165) is 19.4 Å². The lowest BCUT2D eigenvalue weighted by Gasteiger charge is -2.24. The average molecular weight is 253 g/mol. The van der Waals surface area contributed by atoms with Gasteiger partial charge in [-0.1, -0.05) is 0 Å². The molecular formula is C11H19N5O2. The summed E-state index contributed by atoms with van der Waals surface area (Å²) in [5.41, 5.74) is 2.33. The van der Waals surface area contributed by atoms with E-state index in [-0.39, 0.29) is 5.60 Å². The summed E-state index contributed by atoms with van der Waals surface area (Å²) in [6.45, 7) is 3.57. The van der Waals surface area contributed by atoms with Crippen LogP contribution in [-0.2, 0) is 4.74 Å². The van der Waals surface area contributed by atoms with E-state index in [4.69, 9.17) is 15.3 Å². The molecule has 1 unspecified atom stereocenters. The fraction of sp³-hybridized carbons (Fsp3) is 0.636. The standard InChI is InChI=1S/C11H19N5O2/c1-11(4-3-5-18-11)6-13-9-8(17-2)10(16-12)15-7-14-9/h7H,3-6,12H2,1-2H3,(H2,13,14,15,16). The Balaban J connectivity index is 2.09. The molecule has 18 heavy (non-hydrogen) atoms. The minimum absolute atomic E-state index is 0.147. The maximum absolute atomic E-state index is 5.71. The first kappa shape index (κ1) is 12.8. The summed E-state index contributed by atoms with van der Waals surface area (Å²) < 4.78 is 10.9. The zero-order valence-electron chi connectivity index (χ0n) is 10.7. The van der Waals surface area contributed by atoms with Crippen molar-refractivity contribution in [1.82, 2.24) is 9.97 Å². The van der Waals surface area contributed by atoms with E-state index >= 15 is 0 Å². The molecular weight excluding hydrogens is 234 g/mol. The number of hydrazine groups is 1. The molecule has 0 bridgehead atoms. The van der Waals surface area contributed by atoms with Gasteiger partial charge in [-0.05, 0) is 19.8 Å². The Kier molecular flexibility index (Phi) is 3.83. The average Bonchev–Trinajstić information content (AvgIpc) is 2.83. The van der Waals surface area contributed by atoms with Crippen molar-refractivity contribution in [2.45, 2.75) is 25.4 Å². The van der Waals surface area contributed by atoms with Gasteiger partial charge >= 0.3 is 0 Å². The molecule has 2 heterocycles. The number of nitrogens with two attached hydrogens (primary N) is 1. The molecule has 1 aliphatic rings. The topological polar surface area (TPSA) is 94.3 Å². The van der Waals surface area contributed by atoms with Crippen LogP contribution in [0.15, 0.2) is 6.33 Å². The summed E-state index contributed by atoms with van der Waals surface area (Å²) in [6, 6.07) is 0. The largest absolute Gasteiger partial charge is 0.490 e. The molecule has 1 aromatic heterocycles. The molecule has 0 aromatic carbocycles. The molecule has 1 saturated heterocycles. The molecule has 7 nitrogen and oxygen atoms in total. The van der Waals surface area contributed by atoms with E-state index in [0.29, 0.717) is 23.9 Å². The van der Waals surface area contributed by atoms with E-state index in [2.05, 4.69) is 27.6 Å². The summed E-state index contributed by atoms with van der Waals surface area (Å²) in [6.07, 6.45) is 3.56. The van der Waals surface area contributed by atoms with Crippen molar-refractivity contribution in [2.75, 3.05) is 31.0 Å². The maximum atomic E-state index is 5.71. The molecule has 0 aliphatic carbocycles. The van der Waals surface area contributed by atoms with Gasteiger partial charge in [0.25, 0.3) is 0 Å². The summed E-state index contributed by atoms with van der Waals surface area (Å²) in [7, 11) is 1.55. The van der Waals surface area contributed by atoms with Gasteiger partial charge in [0.2, 0.25) is 5.75 Å². The van der Waals surface area contributed by atoms with Crippen molar-refractivity contribution in [3.8, 4) is 5.75 Å². The summed E-state index contributed by atoms with van der Waals surface area (Å²) in [4.78, 5) is 8.13. The molecule has 7 heteroatoms. The van der Waals surface area contributed by atoms with Crippen LogP contribution in [0.25, 0.3) is 0 Å². The van der Waals surface area contributed by atoms with Gasteiger partial charge in [-0.15, -0.1) is 0 Å². The number of aromatic nitrogens is 2. The molecule has 0 radical (unpaired) electrons. The third kappa shape index (κ3) is 2.62. The lowest BCUT2D eigenvalue weighted by atomic mass is 10.0. The number of rotatable bonds is 5. The molecule has 1 fully saturated rings. The zero-order valence-corrected chi connectivity index (χ0v) is 10.7. The van der Waals surface area contributed by atoms with Gasteiger partial charge in [-0.3, -0.25) is 0 Å². The van der Waals surface area contributed by atoms with Crippen LogP contribution in [0.4, 0.5) is 11.6 Å². The van der Waals surface area contributed by atoms with Gasteiger partial charge in [0.15, 0.2) is 11.6 Å². The highest BCUT2D eigenvalue weighted by molar-refractivity contribution is 5.63. The predicted molar refractivity (Wildman–Crippen MR) is 68.5 cm³/mol. The second-order valence-electron chi connectivity index (χ2n) is 4.50. The van der Waals surface area contributed by atoms with Crippen LogP contribution < -0.4 is 21.3 Å². The number of ether oxygens (including phenoxy) is 2. The molecule has 1 atom stereocenters. The van der Waals surface area contributed by atoms with Crippen LogP contribution in [-0.4, -0.2) is 35.8 Å². The first-order valence-corrected chi connectivity index (χ1v) is 5.92. The number of nitrogens with one attached hydrogen (secondary N) is 2. The highest BCUT2D eigenvalue weighted by Gasteiger charge is 2.30. The van der Waals surface area contributed by atoms with Crippen LogP contribution in [0.5, 0.6) is 5.75 Å². The first-order valence-electron chi connectivity index (χ1n) is 5.92. The summed E-state index contributed by atoms with van der Waals surface area (Å²) in [5, 5.41) is 3.22. The summed E-state index contributed by atoms with van der Waals surface area (Å²) >= 11 is 0. The molecule has 1 aromatic rings. The van der Waals surface area contributed by atoms with Crippen molar-refractivity contribution < 1.29 is 9.47 Å². The van der Waals surface area contributed by atoms with E-state index in [1.54, 1.807) is 7.11 Å². The third-order valence-electron chi connectivity index (χ3n) is 3.07. The Morgan fingerprint density at radius 3 is 2.89 bits per heavy atom. The number of nitrogens with zero attached hydrogens (tertiary/aromatic N) is 2. The number of anilines is 2. The molecule has 0 spiro atoms. The SMILES string of the molecule is COc1c(NN)ncnc1NCC1(C)CCCO1. The molecule has 100 valence electrons. The van der Waals surface area contributed by atoms with Crippen molar-refractivity contribution in [3.05, 3.63) is 6.33 Å². The van der Waals surface area contributed by atoms with Gasteiger partial charge in [0, 0.05) is 13.2 Å². The lowest BCUT2D eigenvalue weighted by Crippen LogP contribution is -2.33. The molecule has 0 saturated carbocycles. The predicted octanol–water partition coefficient (Wildman–Crippen LogP) is 0.752. The van der Waals surface area contributed by atoms with E-state index in [1.807, 2.05) is 0 Å². The van der Waals surface area contributed by atoms with E-state index in [9.17, 15) is 0 Å². The Bertz CT molecular complexity index is 406. The van der Waals surface area contributed by atoms with Crippen LogP contribution in [0.1, 0.15) is 19.8 Å². The van der Waals surface area contributed by atoms with Crippen molar-refractivity contribution >= 4 is 11.6 Å². The second kappa shape index (κ2) is 5.36. The van der Waals surface area contributed by atoms with Crippen molar-refractivity contribution in [2.24, 2.45) is 5.84 Å². The van der Waals surface area contributed by atoms with Crippen molar-refractivity contribution in [1.29, 1.82) is 0 Å². The first-order chi connectivity index (χ1) is 8.68. The monoisotopic (exact) mass is 253 g/mol. The Labute approximate surface area is 106 Å². The van der Waals surface area contributed by atoms with Gasteiger partial charge in [0.1, 0.15) is 6.33 Å². The van der Waals surface area contributed by atoms with Crippen LogP contribution >= 0.6 is 0 Å². The number of methoxy groups -OCH3 is 1. The number of nitrogen functional groups attached to an aromatic ring is 1. The highest BCUT2D eigenvalue weighted by Crippen LogP contribution is 2.30. The normalized spacial score (nSPS) is 22.8. The quantitative estimate of drug-likeness (QED) is 0.526. The minimum atomic E-state index is -0.147. The van der Waals surface area contributed by atoms with Gasteiger partial charge < -0.3 is 20.2 Å². The second-order valence-corrected chi connectivity index (χ2v) is 4.50. The van der Waals surface area contributed by atoms with Gasteiger partial charge in [-0.25, -0.2) is 15.8 Å². The molecule has 2 rings (SSSR count). The Morgan fingerprint density at radius 2 is 2.28 bits per heavy atom.